The largest absolute Gasteiger partial charge is 0.481 e. The van der Waals surface area contributed by atoms with Crippen molar-refractivity contribution < 1.29 is 23.9 Å². The van der Waals surface area contributed by atoms with Crippen LogP contribution >= 0.6 is 0 Å². The van der Waals surface area contributed by atoms with Crippen molar-refractivity contribution in [2.45, 2.75) is 72.1 Å². The van der Waals surface area contributed by atoms with Crippen LogP contribution in [0.15, 0.2) is 48.5 Å². The van der Waals surface area contributed by atoms with Gasteiger partial charge in [-0.25, -0.2) is 4.79 Å². The van der Waals surface area contributed by atoms with Gasteiger partial charge in [-0.15, -0.1) is 0 Å². The average molecular weight is 484 g/mol. The predicted octanol–water partition coefficient (Wildman–Crippen LogP) is 4.75. The number of para-hydroxylation sites is 1. The van der Waals surface area contributed by atoms with Crippen LogP contribution in [0.3, 0.4) is 0 Å². The van der Waals surface area contributed by atoms with Crippen LogP contribution in [0.2, 0.25) is 0 Å². The topological polar surface area (TPSA) is 106 Å². The van der Waals surface area contributed by atoms with Crippen LogP contribution in [0.4, 0.5) is 10.5 Å². The molecule has 0 heterocycles. The molecule has 0 saturated heterocycles. The van der Waals surface area contributed by atoms with Crippen LogP contribution in [0, 0.1) is 0 Å². The normalized spacial score (nSPS) is 12.0. The number of ether oxygens (including phenoxy) is 2. The Hall–Kier alpha value is -3.55. The molecule has 0 saturated carbocycles. The molecule has 0 aliphatic carbocycles. The van der Waals surface area contributed by atoms with Gasteiger partial charge in [0.05, 0.1) is 0 Å². The molecule has 0 spiro atoms. The minimum absolute atomic E-state index is 0.144. The molecule has 2 aromatic carbocycles. The number of anilines is 1. The van der Waals surface area contributed by atoms with Gasteiger partial charge in [-0.05, 0) is 62.9 Å². The van der Waals surface area contributed by atoms with Gasteiger partial charge >= 0.3 is 6.09 Å². The highest BCUT2D eigenvalue weighted by atomic mass is 16.6. The SMILES string of the molecule is CC(Oc1ccccc1C(C)C)C(=O)Nc1ccc(CNC(=O)CCNC(=O)OC(C)(C)C)cc1. The highest BCUT2D eigenvalue weighted by molar-refractivity contribution is 5.94. The third kappa shape index (κ3) is 10.1. The molecule has 0 bridgehead atoms. The van der Waals surface area contributed by atoms with Gasteiger partial charge in [-0.2, -0.15) is 0 Å². The van der Waals surface area contributed by atoms with E-state index in [9.17, 15) is 14.4 Å². The Morgan fingerprint density at radius 1 is 0.914 bits per heavy atom. The number of rotatable bonds is 10. The number of benzene rings is 2. The number of alkyl carbamates (subject to hydrolysis) is 1. The summed E-state index contributed by atoms with van der Waals surface area (Å²) in [5.41, 5.74) is 1.99. The van der Waals surface area contributed by atoms with E-state index >= 15 is 0 Å². The maximum atomic E-state index is 12.6. The van der Waals surface area contributed by atoms with Gasteiger partial charge in [-0.3, -0.25) is 9.59 Å². The van der Waals surface area contributed by atoms with Gasteiger partial charge in [0.15, 0.2) is 6.10 Å². The number of hydrogen-bond donors (Lipinski definition) is 3. The standard InChI is InChI=1S/C27H37N3O5/c1-18(2)22-9-7-8-10-23(22)34-19(3)25(32)30-21-13-11-20(12-14-21)17-29-24(31)15-16-28-26(33)35-27(4,5)6/h7-14,18-19H,15-17H2,1-6H3,(H,28,33)(H,29,31)(H,30,32). The van der Waals surface area contributed by atoms with Crippen molar-refractivity contribution in [1.82, 2.24) is 10.6 Å². The summed E-state index contributed by atoms with van der Waals surface area (Å²) in [6.45, 7) is 11.7. The van der Waals surface area contributed by atoms with Gasteiger partial charge < -0.3 is 25.4 Å². The Morgan fingerprint density at radius 2 is 1.57 bits per heavy atom. The second-order valence-corrected chi connectivity index (χ2v) is 9.59. The predicted molar refractivity (Wildman–Crippen MR) is 136 cm³/mol. The number of carbonyl (C=O) groups excluding carboxylic acids is 3. The molecular weight excluding hydrogens is 446 g/mol. The molecule has 0 fully saturated rings. The fourth-order valence-corrected chi connectivity index (χ4v) is 3.14. The lowest BCUT2D eigenvalue weighted by atomic mass is 10.0. The monoisotopic (exact) mass is 483 g/mol. The lowest BCUT2D eigenvalue weighted by Gasteiger charge is -2.19. The van der Waals surface area contributed by atoms with Crippen LogP contribution < -0.4 is 20.7 Å². The number of amides is 3. The third-order valence-corrected chi connectivity index (χ3v) is 4.95. The Kier molecular flexibility index (Phi) is 10.1. The molecule has 2 rings (SSSR count). The smallest absolute Gasteiger partial charge is 0.407 e. The Balaban J connectivity index is 1.76. The summed E-state index contributed by atoms with van der Waals surface area (Å²) in [4.78, 5) is 36.2. The maximum absolute atomic E-state index is 12.6. The first kappa shape index (κ1) is 27.7. The molecule has 0 aliphatic rings. The lowest BCUT2D eigenvalue weighted by molar-refractivity contribution is -0.122. The van der Waals surface area contributed by atoms with Crippen molar-refractivity contribution in [3.63, 3.8) is 0 Å². The fourth-order valence-electron chi connectivity index (χ4n) is 3.14. The van der Waals surface area contributed by atoms with Crippen molar-refractivity contribution in [1.29, 1.82) is 0 Å². The average Bonchev–Trinajstić information content (AvgIpc) is 2.77. The van der Waals surface area contributed by atoms with E-state index in [0.717, 1.165) is 11.1 Å². The molecular formula is C27H37N3O5. The first-order valence-corrected chi connectivity index (χ1v) is 11.8. The molecule has 8 nitrogen and oxygen atoms in total. The van der Waals surface area contributed by atoms with Gasteiger partial charge in [0, 0.05) is 25.2 Å². The number of nitrogens with one attached hydrogen (secondary N) is 3. The summed E-state index contributed by atoms with van der Waals surface area (Å²) in [7, 11) is 0. The minimum Gasteiger partial charge on any atom is -0.481 e. The van der Waals surface area contributed by atoms with E-state index < -0.39 is 17.8 Å². The molecule has 0 radical (unpaired) electrons. The van der Waals surface area contributed by atoms with Gasteiger partial charge in [-0.1, -0.05) is 44.2 Å². The number of carbonyl (C=O) groups is 3. The third-order valence-electron chi connectivity index (χ3n) is 4.95. The molecule has 8 heteroatoms. The molecule has 0 aromatic heterocycles. The zero-order valence-electron chi connectivity index (χ0n) is 21.4. The summed E-state index contributed by atoms with van der Waals surface area (Å²) in [5.74, 6) is 0.557. The summed E-state index contributed by atoms with van der Waals surface area (Å²) in [6.07, 6.45) is -1.07. The zero-order valence-corrected chi connectivity index (χ0v) is 21.4. The summed E-state index contributed by atoms with van der Waals surface area (Å²) in [6, 6.07) is 14.9. The summed E-state index contributed by atoms with van der Waals surface area (Å²) in [5, 5.41) is 8.21. The van der Waals surface area contributed by atoms with Crippen LogP contribution in [0.1, 0.15) is 65.0 Å². The zero-order chi connectivity index (χ0) is 26.0. The Labute approximate surface area is 207 Å². The van der Waals surface area contributed by atoms with E-state index in [4.69, 9.17) is 9.47 Å². The van der Waals surface area contributed by atoms with E-state index in [0.29, 0.717) is 18.0 Å². The second kappa shape index (κ2) is 12.8. The summed E-state index contributed by atoms with van der Waals surface area (Å²) >= 11 is 0. The van der Waals surface area contributed by atoms with Crippen LogP contribution in [0.5, 0.6) is 5.75 Å². The number of hydrogen-bond acceptors (Lipinski definition) is 5. The minimum atomic E-state index is -0.664. The highest BCUT2D eigenvalue weighted by Crippen LogP contribution is 2.27. The molecule has 1 atom stereocenters. The van der Waals surface area contributed by atoms with Crippen molar-refractivity contribution in [2.75, 3.05) is 11.9 Å². The fraction of sp³-hybridized carbons (Fsp3) is 0.444. The van der Waals surface area contributed by atoms with Gasteiger partial charge in [0.2, 0.25) is 5.91 Å². The quantitative estimate of drug-likeness (QED) is 0.452. The molecule has 1 unspecified atom stereocenters. The first-order valence-electron chi connectivity index (χ1n) is 11.8. The first-order chi connectivity index (χ1) is 16.4. The second-order valence-electron chi connectivity index (χ2n) is 9.59. The molecule has 190 valence electrons. The van der Waals surface area contributed by atoms with Crippen molar-refractivity contribution in [2.24, 2.45) is 0 Å². The Morgan fingerprint density at radius 3 is 2.20 bits per heavy atom. The van der Waals surface area contributed by atoms with Crippen molar-refractivity contribution >= 4 is 23.6 Å². The van der Waals surface area contributed by atoms with Crippen molar-refractivity contribution in [3.8, 4) is 5.75 Å². The van der Waals surface area contributed by atoms with Gasteiger partial charge in [0.25, 0.3) is 5.91 Å². The molecule has 3 N–H and O–H groups in total. The van der Waals surface area contributed by atoms with E-state index in [-0.39, 0.29) is 30.7 Å². The van der Waals surface area contributed by atoms with Crippen LogP contribution in [0.25, 0.3) is 0 Å². The van der Waals surface area contributed by atoms with E-state index in [1.807, 2.05) is 36.4 Å². The van der Waals surface area contributed by atoms with Gasteiger partial charge in [0.1, 0.15) is 11.4 Å². The molecule has 35 heavy (non-hydrogen) atoms. The molecule has 0 aliphatic heterocycles. The van der Waals surface area contributed by atoms with E-state index in [1.54, 1.807) is 39.8 Å². The Bertz CT molecular complexity index is 997. The molecule has 3 amide bonds. The van der Waals surface area contributed by atoms with Crippen LogP contribution in [-0.2, 0) is 20.9 Å². The van der Waals surface area contributed by atoms with Crippen LogP contribution in [-0.4, -0.2) is 36.2 Å². The maximum Gasteiger partial charge on any atom is 0.407 e. The molecule has 2 aromatic rings. The highest BCUT2D eigenvalue weighted by Gasteiger charge is 2.18. The van der Waals surface area contributed by atoms with E-state index in [1.165, 1.54) is 0 Å². The summed E-state index contributed by atoms with van der Waals surface area (Å²) < 4.78 is 11.0. The lowest BCUT2D eigenvalue weighted by Crippen LogP contribution is -2.35. The van der Waals surface area contributed by atoms with E-state index in [2.05, 4.69) is 29.8 Å². The van der Waals surface area contributed by atoms with Crippen molar-refractivity contribution in [3.05, 3.63) is 59.7 Å².